The van der Waals surface area contributed by atoms with Gasteiger partial charge in [0, 0.05) is 11.6 Å². The molecule has 0 unspecified atom stereocenters. The summed E-state index contributed by atoms with van der Waals surface area (Å²) in [6.07, 6.45) is 5.87. The highest BCUT2D eigenvalue weighted by Gasteiger charge is 1.92. The van der Waals surface area contributed by atoms with Crippen LogP contribution < -0.4 is 4.74 Å². The maximum absolute atomic E-state index is 5.38. The number of rotatable bonds is 4. The summed E-state index contributed by atoms with van der Waals surface area (Å²) in [6.45, 7) is 2.69. The van der Waals surface area contributed by atoms with Crippen molar-refractivity contribution in [3.63, 3.8) is 0 Å². The molecular formula is C13H13NOS. The van der Waals surface area contributed by atoms with Gasteiger partial charge in [-0.25, -0.2) is 4.98 Å². The second kappa shape index (κ2) is 5.47. The average Bonchev–Trinajstić information content (AvgIpc) is 2.82. The second-order valence-electron chi connectivity index (χ2n) is 3.21. The third kappa shape index (κ3) is 2.94. The number of benzene rings is 1. The minimum absolute atomic E-state index is 0.703. The predicted molar refractivity (Wildman–Crippen MR) is 68.7 cm³/mol. The van der Waals surface area contributed by atoms with Crippen molar-refractivity contribution in [2.45, 2.75) is 6.92 Å². The van der Waals surface area contributed by atoms with E-state index >= 15 is 0 Å². The van der Waals surface area contributed by atoms with Gasteiger partial charge in [0.25, 0.3) is 0 Å². The lowest BCUT2D eigenvalue weighted by Crippen LogP contribution is -1.90. The van der Waals surface area contributed by atoms with Gasteiger partial charge in [-0.05, 0) is 30.7 Å². The molecule has 2 nitrogen and oxygen atoms in total. The zero-order valence-corrected chi connectivity index (χ0v) is 9.91. The summed E-state index contributed by atoms with van der Waals surface area (Å²) in [4.78, 5) is 4.19. The fraction of sp³-hybridized carbons (Fsp3) is 0.154. The minimum atomic E-state index is 0.703. The van der Waals surface area contributed by atoms with Gasteiger partial charge in [-0.15, -0.1) is 11.3 Å². The average molecular weight is 231 g/mol. The summed E-state index contributed by atoms with van der Waals surface area (Å²) < 4.78 is 5.38. The van der Waals surface area contributed by atoms with Gasteiger partial charge in [-0.1, -0.05) is 18.2 Å². The third-order valence-electron chi connectivity index (χ3n) is 2.06. The van der Waals surface area contributed by atoms with Crippen molar-refractivity contribution in [1.82, 2.24) is 4.98 Å². The molecule has 3 heteroatoms. The molecule has 2 aromatic rings. The van der Waals surface area contributed by atoms with Crippen LogP contribution in [0.2, 0.25) is 0 Å². The minimum Gasteiger partial charge on any atom is -0.494 e. The molecule has 1 heterocycles. The van der Waals surface area contributed by atoms with Gasteiger partial charge in [0.1, 0.15) is 10.8 Å². The van der Waals surface area contributed by atoms with Gasteiger partial charge < -0.3 is 4.74 Å². The first kappa shape index (κ1) is 10.9. The van der Waals surface area contributed by atoms with Crippen molar-refractivity contribution in [3.05, 3.63) is 46.4 Å². The lowest BCUT2D eigenvalue weighted by molar-refractivity contribution is 0.340. The molecule has 2 rings (SSSR count). The molecule has 0 bridgehead atoms. The van der Waals surface area contributed by atoms with E-state index < -0.39 is 0 Å². The van der Waals surface area contributed by atoms with E-state index in [-0.39, 0.29) is 0 Å². The molecule has 1 aromatic heterocycles. The fourth-order valence-corrected chi connectivity index (χ4v) is 1.86. The standard InChI is InChI=1S/C13H13NOS/c1-2-15-12-6-3-11(4-7-12)5-8-13-14-9-10-16-13/h3-10H,2H2,1H3/b8-5+. The zero-order valence-electron chi connectivity index (χ0n) is 9.09. The van der Waals surface area contributed by atoms with E-state index in [1.165, 1.54) is 0 Å². The number of aromatic nitrogens is 1. The molecule has 0 spiro atoms. The Kier molecular flexibility index (Phi) is 3.72. The molecule has 82 valence electrons. The molecule has 0 aliphatic rings. The van der Waals surface area contributed by atoms with Crippen molar-refractivity contribution in [2.75, 3.05) is 6.61 Å². The Morgan fingerprint density at radius 2 is 2.06 bits per heavy atom. The van der Waals surface area contributed by atoms with E-state index in [9.17, 15) is 0 Å². The summed E-state index contributed by atoms with van der Waals surface area (Å²) in [5.41, 5.74) is 1.15. The molecule has 16 heavy (non-hydrogen) atoms. The Bertz CT molecular complexity index is 445. The quantitative estimate of drug-likeness (QED) is 0.800. The van der Waals surface area contributed by atoms with Gasteiger partial charge in [-0.2, -0.15) is 0 Å². The van der Waals surface area contributed by atoms with E-state index in [2.05, 4.69) is 11.1 Å². The topological polar surface area (TPSA) is 22.1 Å². The van der Waals surface area contributed by atoms with Crippen LogP contribution in [0, 0.1) is 0 Å². The Hall–Kier alpha value is -1.61. The maximum Gasteiger partial charge on any atom is 0.119 e. The first-order valence-electron chi connectivity index (χ1n) is 5.19. The SMILES string of the molecule is CCOc1ccc(/C=C/c2nccs2)cc1. The lowest BCUT2D eigenvalue weighted by Gasteiger charge is -2.01. The summed E-state index contributed by atoms with van der Waals surface area (Å²) in [6, 6.07) is 8.03. The summed E-state index contributed by atoms with van der Waals surface area (Å²) in [5.74, 6) is 0.911. The molecule has 0 amide bonds. The largest absolute Gasteiger partial charge is 0.494 e. The third-order valence-corrected chi connectivity index (χ3v) is 2.80. The molecule has 0 saturated heterocycles. The number of hydrogen-bond donors (Lipinski definition) is 0. The van der Waals surface area contributed by atoms with Crippen LogP contribution in [-0.4, -0.2) is 11.6 Å². The summed E-state index contributed by atoms with van der Waals surface area (Å²) in [5, 5.41) is 2.99. The first-order valence-corrected chi connectivity index (χ1v) is 6.07. The van der Waals surface area contributed by atoms with Gasteiger partial charge in [0.2, 0.25) is 0 Å². The molecule has 0 aliphatic heterocycles. The van der Waals surface area contributed by atoms with Gasteiger partial charge in [-0.3, -0.25) is 0 Å². The summed E-state index contributed by atoms with van der Waals surface area (Å²) >= 11 is 1.63. The molecule has 0 saturated carbocycles. The second-order valence-corrected chi connectivity index (χ2v) is 4.13. The molecule has 0 atom stereocenters. The first-order chi connectivity index (χ1) is 7.88. The smallest absolute Gasteiger partial charge is 0.119 e. The Balaban J connectivity index is 2.05. The van der Waals surface area contributed by atoms with Gasteiger partial charge in [0.15, 0.2) is 0 Å². The van der Waals surface area contributed by atoms with Crippen LogP contribution in [0.4, 0.5) is 0 Å². The summed E-state index contributed by atoms with van der Waals surface area (Å²) in [7, 11) is 0. The van der Waals surface area contributed by atoms with Crippen LogP contribution in [0.5, 0.6) is 5.75 Å². The van der Waals surface area contributed by atoms with E-state index in [4.69, 9.17) is 4.74 Å². The molecule has 0 radical (unpaired) electrons. The zero-order chi connectivity index (χ0) is 11.2. The molecular weight excluding hydrogens is 218 g/mol. The van der Waals surface area contributed by atoms with Crippen molar-refractivity contribution >= 4 is 23.5 Å². The predicted octanol–water partition coefficient (Wildman–Crippen LogP) is 3.71. The molecule has 0 N–H and O–H groups in total. The van der Waals surface area contributed by atoms with E-state index in [0.717, 1.165) is 16.3 Å². The maximum atomic E-state index is 5.38. The van der Waals surface area contributed by atoms with Crippen LogP contribution in [0.3, 0.4) is 0 Å². The van der Waals surface area contributed by atoms with Crippen LogP contribution in [0.25, 0.3) is 12.2 Å². The Morgan fingerprint density at radius 3 is 2.69 bits per heavy atom. The highest BCUT2D eigenvalue weighted by molar-refractivity contribution is 7.10. The van der Waals surface area contributed by atoms with Gasteiger partial charge in [0.05, 0.1) is 6.61 Å². The highest BCUT2D eigenvalue weighted by atomic mass is 32.1. The van der Waals surface area contributed by atoms with Crippen LogP contribution >= 0.6 is 11.3 Å². The van der Waals surface area contributed by atoms with Crippen molar-refractivity contribution in [3.8, 4) is 5.75 Å². The number of ether oxygens (including phenoxy) is 1. The molecule has 0 fully saturated rings. The Morgan fingerprint density at radius 1 is 1.25 bits per heavy atom. The highest BCUT2D eigenvalue weighted by Crippen LogP contribution is 2.15. The van der Waals surface area contributed by atoms with Crippen molar-refractivity contribution in [1.29, 1.82) is 0 Å². The van der Waals surface area contributed by atoms with Crippen LogP contribution in [0.1, 0.15) is 17.5 Å². The van der Waals surface area contributed by atoms with Crippen LogP contribution in [0.15, 0.2) is 35.8 Å². The molecule has 1 aromatic carbocycles. The van der Waals surface area contributed by atoms with Gasteiger partial charge >= 0.3 is 0 Å². The lowest BCUT2D eigenvalue weighted by atomic mass is 10.2. The van der Waals surface area contributed by atoms with Crippen LogP contribution in [-0.2, 0) is 0 Å². The Labute approximate surface area is 99.2 Å². The number of hydrogen-bond acceptors (Lipinski definition) is 3. The number of thiazole rings is 1. The van der Waals surface area contributed by atoms with Crippen molar-refractivity contribution in [2.24, 2.45) is 0 Å². The fourth-order valence-electron chi connectivity index (χ4n) is 1.33. The molecule has 0 aliphatic carbocycles. The number of nitrogens with zero attached hydrogens (tertiary/aromatic N) is 1. The van der Waals surface area contributed by atoms with Crippen molar-refractivity contribution < 1.29 is 4.74 Å². The van der Waals surface area contributed by atoms with E-state index in [1.54, 1.807) is 11.3 Å². The monoisotopic (exact) mass is 231 g/mol. The van der Waals surface area contributed by atoms with E-state index in [0.29, 0.717) is 6.61 Å². The van der Waals surface area contributed by atoms with E-state index in [1.807, 2.05) is 48.8 Å². The normalized spacial score (nSPS) is 10.8.